The van der Waals surface area contributed by atoms with Crippen molar-refractivity contribution in [2.45, 2.75) is 51.5 Å². The number of nitrogens with one attached hydrogen (secondary N) is 3. The van der Waals surface area contributed by atoms with Gasteiger partial charge in [0, 0.05) is 47.9 Å². The molecular formula is C32H34N6O2. The van der Waals surface area contributed by atoms with Crippen LogP contribution >= 0.6 is 0 Å². The topological polar surface area (TPSA) is 101 Å². The third-order valence-corrected chi connectivity index (χ3v) is 8.70. The van der Waals surface area contributed by atoms with Crippen LogP contribution in [0.2, 0.25) is 0 Å². The quantitative estimate of drug-likeness (QED) is 0.252. The Balaban J connectivity index is 1.16. The summed E-state index contributed by atoms with van der Waals surface area (Å²) in [5, 5.41) is 11.9. The second-order valence-electron chi connectivity index (χ2n) is 11.5. The van der Waals surface area contributed by atoms with Crippen LogP contribution in [0.5, 0.6) is 11.6 Å². The van der Waals surface area contributed by atoms with E-state index in [9.17, 15) is 4.79 Å². The number of nitrogens with zero attached hydrogens (tertiary/aromatic N) is 3. The van der Waals surface area contributed by atoms with E-state index in [1.807, 2.05) is 49.4 Å². The number of rotatable bonds is 8. The molecule has 1 spiro atoms. The van der Waals surface area contributed by atoms with Crippen LogP contribution in [0.15, 0.2) is 60.9 Å². The number of ether oxygens (including phenoxy) is 1. The number of aryl methyl sites for hydroxylation is 1. The van der Waals surface area contributed by atoms with Crippen molar-refractivity contribution in [3.63, 3.8) is 0 Å². The van der Waals surface area contributed by atoms with Crippen molar-refractivity contribution in [1.29, 1.82) is 0 Å². The standard InChI is InChI=1S/C32H34N6O2/c1-20-9-10-23-24(6-2-8-26(23)37-28(39)17-21-18-32(21)12-13-32)29(20)40-30-25(7-4-15-34-30)27-11-16-35-31(38-27)36-22-5-3-14-33-19-22/h2,4,6-11,15-16,21-22,33H,3,5,12-14,17-19H2,1H3,(H,37,39)(H,35,36,38)/t21?,22-/m0/s1. The van der Waals surface area contributed by atoms with E-state index >= 15 is 0 Å². The van der Waals surface area contributed by atoms with Crippen molar-refractivity contribution < 1.29 is 9.53 Å². The van der Waals surface area contributed by atoms with Gasteiger partial charge in [-0.3, -0.25) is 4.79 Å². The molecule has 0 radical (unpaired) electrons. The maximum absolute atomic E-state index is 12.8. The summed E-state index contributed by atoms with van der Waals surface area (Å²) in [7, 11) is 0. The van der Waals surface area contributed by atoms with Gasteiger partial charge in [-0.1, -0.05) is 24.3 Å². The first-order valence-electron chi connectivity index (χ1n) is 14.3. The number of piperidine rings is 1. The number of carbonyl (C=O) groups is 1. The van der Waals surface area contributed by atoms with E-state index in [4.69, 9.17) is 9.72 Å². The SMILES string of the molecule is Cc1ccc2c(NC(=O)CC3CC34CC4)cccc2c1Oc1ncccc1-c1ccnc(N[C@H]2CCCNC2)n1. The molecule has 2 atom stereocenters. The second kappa shape index (κ2) is 10.2. The van der Waals surface area contributed by atoms with E-state index < -0.39 is 0 Å². The highest BCUT2D eigenvalue weighted by molar-refractivity contribution is 6.04. The number of benzene rings is 2. The largest absolute Gasteiger partial charge is 0.437 e. The maximum atomic E-state index is 12.8. The third-order valence-electron chi connectivity index (χ3n) is 8.70. The zero-order valence-electron chi connectivity index (χ0n) is 22.7. The highest BCUT2D eigenvalue weighted by Gasteiger charge is 2.62. The molecule has 0 bridgehead atoms. The Hall–Kier alpha value is -4.04. The van der Waals surface area contributed by atoms with Crippen molar-refractivity contribution in [3.05, 3.63) is 66.5 Å². The first kappa shape index (κ1) is 25.0. The number of carbonyl (C=O) groups excluding carboxylic acids is 1. The molecule has 8 nitrogen and oxygen atoms in total. The van der Waals surface area contributed by atoms with Crippen LogP contribution in [-0.4, -0.2) is 40.0 Å². The first-order valence-corrected chi connectivity index (χ1v) is 14.3. The van der Waals surface area contributed by atoms with Gasteiger partial charge in [0.15, 0.2) is 0 Å². The number of amides is 1. The molecule has 1 amide bonds. The minimum atomic E-state index is 0.0912. The molecule has 1 saturated heterocycles. The number of hydrogen-bond donors (Lipinski definition) is 3. The molecule has 7 rings (SSSR count). The van der Waals surface area contributed by atoms with Gasteiger partial charge in [-0.05, 0) is 86.7 Å². The lowest BCUT2D eigenvalue weighted by Crippen LogP contribution is -2.38. The molecule has 1 aliphatic heterocycles. The molecule has 3 N–H and O–H groups in total. The lowest BCUT2D eigenvalue weighted by Gasteiger charge is -2.23. The highest BCUT2D eigenvalue weighted by atomic mass is 16.5. The highest BCUT2D eigenvalue weighted by Crippen LogP contribution is 2.71. The van der Waals surface area contributed by atoms with Crippen molar-refractivity contribution in [2.24, 2.45) is 11.3 Å². The normalized spacial score (nSPS) is 20.7. The van der Waals surface area contributed by atoms with Crippen LogP contribution in [-0.2, 0) is 4.79 Å². The summed E-state index contributed by atoms with van der Waals surface area (Å²) in [4.78, 5) is 26.7. The van der Waals surface area contributed by atoms with Crippen molar-refractivity contribution >= 4 is 28.3 Å². The zero-order valence-corrected chi connectivity index (χ0v) is 22.7. The third kappa shape index (κ3) is 4.99. The molecule has 204 valence electrons. The molecule has 3 aliphatic rings. The average Bonchev–Trinajstić information content (AvgIpc) is 3.89. The Morgan fingerprint density at radius 2 is 2.00 bits per heavy atom. The monoisotopic (exact) mass is 534 g/mol. The molecule has 2 aliphatic carbocycles. The van der Waals surface area contributed by atoms with E-state index in [-0.39, 0.29) is 5.91 Å². The molecular weight excluding hydrogens is 500 g/mol. The van der Waals surface area contributed by atoms with Crippen molar-refractivity contribution in [3.8, 4) is 22.9 Å². The Kier molecular flexibility index (Phi) is 6.35. The Labute approximate surface area is 234 Å². The van der Waals surface area contributed by atoms with Gasteiger partial charge >= 0.3 is 0 Å². The van der Waals surface area contributed by atoms with Gasteiger partial charge in [0.1, 0.15) is 5.75 Å². The van der Waals surface area contributed by atoms with E-state index in [1.165, 1.54) is 19.3 Å². The Morgan fingerprint density at radius 1 is 1.07 bits per heavy atom. The minimum Gasteiger partial charge on any atom is -0.437 e. The summed E-state index contributed by atoms with van der Waals surface area (Å²) in [6, 6.07) is 16.1. The summed E-state index contributed by atoms with van der Waals surface area (Å²) < 4.78 is 6.55. The fourth-order valence-corrected chi connectivity index (χ4v) is 6.10. The van der Waals surface area contributed by atoms with Crippen LogP contribution in [0.3, 0.4) is 0 Å². The Morgan fingerprint density at radius 3 is 2.83 bits per heavy atom. The number of pyridine rings is 1. The lowest BCUT2D eigenvalue weighted by molar-refractivity contribution is -0.116. The molecule has 8 heteroatoms. The van der Waals surface area contributed by atoms with Gasteiger partial charge in [-0.25, -0.2) is 15.0 Å². The fourth-order valence-electron chi connectivity index (χ4n) is 6.10. The number of anilines is 2. The summed E-state index contributed by atoms with van der Waals surface area (Å²) in [5.74, 6) is 2.44. The molecule has 2 saturated carbocycles. The molecule has 2 aromatic heterocycles. The van der Waals surface area contributed by atoms with E-state index in [0.29, 0.717) is 41.4 Å². The number of aromatic nitrogens is 3. The van der Waals surface area contributed by atoms with Gasteiger partial charge in [0.2, 0.25) is 17.7 Å². The van der Waals surface area contributed by atoms with Crippen molar-refractivity contribution in [2.75, 3.05) is 23.7 Å². The van der Waals surface area contributed by atoms with Gasteiger partial charge in [-0.2, -0.15) is 0 Å². The summed E-state index contributed by atoms with van der Waals surface area (Å²) >= 11 is 0. The van der Waals surface area contributed by atoms with Crippen molar-refractivity contribution in [1.82, 2.24) is 20.3 Å². The van der Waals surface area contributed by atoms with Gasteiger partial charge in [-0.15, -0.1) is 0 Å². The van der Waals surface area contributed by atoms with E-state index in [2.05, 4.69) is 32.0 Å². The summed E-state index contributed by atoms with van der Waals surface area (Å²) in [5.41, 5.74) is 3.83. The zero-order chi connectivity index (χ0) is 27.1. The van der Waals surface area contributed by atoms with E-state index in [1.54, 1.807) is 12.4 Å². The lowest BCUT2D eigenvalue weighted by atomic mass is 10.0. The smallest absolute Gasteiger partial charge is 0.228 e. The van der Waals surface area contributed by atoms with Gasteiger partial charge in [0.05, 0.1) is 11.3 Å². The number of fused-ring (bicyclic) bond motifs is 1. The summed E-state index contributed by atoms with van der Waals surface area (Å²) in [6.07, 6.45) is 10.1. The van der Waals surface area contributed by atoms with Crippen LogP contribution in [0.1, 0.15) is 44.1 Å². The molecule has 40 heavy (non-hydrogen) atoms. The second-order valence-corrected chi connectivity index (χ2v) is 11.5. The van der Waals surface area contributed by atoms with Gasteiger partial charge < -0.3 is 20.7 Å². The van der Waals surface area contributed by atoms with Crippen LogP contribution < -0.4 is 20.7 Å². The maximum Gasteiger partial charge on any atom is 0.228 e. The number of hydrogen-bond acceptors (Lipinski definition) is 7. The van der Waals surface area contributed by atoms with Crippen LogP contribution in [0.4, 0.5) is 11.6 Å². The Bertz CT molecular complexity index is 1580. The molecule has 4 aromatic rings. The average molecular weight is 535 g/mol. The molecule has 3 heterocycles. The molecule has 2 aromatic carbocycles. The first-order chi connectivity index (χ1) is 19.6. The van der Waals surface area contributed by atoms with Crippen LogP contribution in [0.25, 0.3) is 22.0 Å². The molecule has 3 fully saturated rings. The van der Waals surface area contributed by atoms with Crippen LogP contribution in [0, 0.1) is 18.3 Å². The summed E-state index contributed by atoms with van der Waals surface area (Å²) in [6.45, 7) is 3.98. The van der Waals surface area contributed by atoms with E-state index in [0.717, 1.165) is 59.2 Å². The predicted octanol–water partition coefficient (Wildman–Crippen LogP) is 6.09. The van der Waals surface area contributed by atoms with Gasteiger partial charge in [0.25, 0.3) is 0 Å². The molecule has 1 unspecified atom stereocenters. The predicted molar refractivity (Wildman–Crippen MR) is 157 cm³/mol. The fraction of sp³-hybridized carbons (Fsp3) is 0.375. The minimum absolute atomic E-state index is 0.0912.